The summed E-state index contributed by atoms with van der Waals surface area (Å²) >= 11 is 0. The van der Waals surface area contributed by atoms with E-state index in [9.17, 15) is 0 Å². The average Bonchev–Trinajstić information content (AvgIpc) is 2.27. The fourth-order valence-electron chi connectivity index (χ4n) is 0.423. The normalized spacial score (nSPS) is 4.50. The van der Waals surface area contributed by atoms with E-state index in [1.165, 1.54) is 6.42 Å². The monoisotopic (exact) mass is 236 g/mol. The molecule has 0 aromatic heterocycles. The summed E-state index contributed by atoms with van der Waals surface area (Å²) in [5.41, 5.74) is 1.14. The fraction of sp³-hybridized carbons (Fsp3) is 0.300. The Bertz CT molecular complexity index is 154. The largest absolute Gasteiger partial charge is 0 e. The molecule has 0 atom stereocenters. The van der Waals surface area contributed by atoms with Gasteiger partial charge in [-0.25, -0.2) is 0 Å². The van der Waals surface area contributed by atoms with Crippen molar-refractivity contribution in [3.8, 4) is 0 Å². The topological polar surface area (TPSA) is 59.7 Å². The van der Waals surface area contributed by atoms with Crippen molar-refractivity contribution in [2.75, 3.05) is 0 Å². The summed E-state index contributed by atoms with van der Waals surface area (Å²) in [5.74, 6) is 0. The zero-order chi connectivity index (χ0) is 11.7. The first-order chi connectivity index (χ1) is 6.31. The third-order valence-electron chi connectivity index (χ3n) is 0.860. The number of allylic oxidation sites excluding steroid dienone is 2. The molecule has 0 aliphatic heterocycles. The van der Waals surface area contributed by atoms with Crippen molar-refractivity contribution in [2.45, 2.75) is 19.8 Å². The molecule has 0 amide bonds. The molecule has 0 unspecified atom stereocenters. The number of hydrogen-bond donors (Lipinski definition) is 0. The third-order valence-corrected chi connectivity index (χ3v) is 0.860. The maximum Gasteiger partial charge on any atom is 0 e. The van der Waals surface area contributed by atoms with Crippen LogP contribution >= 0.6 is 0 Å². The van der Waals surface area contributed by atoms with E-state index in [0.29, 0.717) is 0 Å². The van der Waals surface area contributed by atoms with Gasteiger partial charge in [-0.3, -0.25) is 0 Å². The Labute approximate surface area is 95.9 Å². The van der Waals surface area contributed by atoms with Gasteiger partial charge in [0.2, 0.25) is 0 Å². The molecule has 78 valence electrons. The van der Waals surface area contributed by atoms with E-state index >= 15 is 0 Å². The quantitative estimate of drug-likeness (QED) is 0.312. The van der Waals surface area contributed by atoms with Crippen molar-refractivity contribution in [2.24, 2.45) is 0 Å². The van der Waals surface area contributed by atoms with Crippen LogP contribution in [0.2, 0.25) is 0 Å². The molecular weight excluding hydrogens is 224 g/mol. The Balaban J connectivity index is -0.0000000332. The van der Waals surface area contributed by atoms with Gasteiger partial charge < -0.3 is 0 Å². The third kappa shape index (κ3) is 65.8. The average molecular weight is 236 g/mol. The Kier molecular flexibility index (Phi) is 118. The van der Waals surface area contributed by atoms with Crippen molar-refractivity contribution in [3.63, 3.8) is 0 Å². The molecule has 0 N–H and O–H groups in total. The summed E-state index contributed by atoms with van der Waals surface area (Å²) in [4.78, 5) is 0. The van der Waals surface area contributed by atoms with Crippen LogP contribution in [0.25, 0.3) is 0 Å². The molecule has 0 aliphatic rings. The van der Waals surface area contributed by atoms with Crippen LogP contribution in [0.5, 0.6) is 0 Å². The molecule has 0 spiro atoms. The van der Waals surface area contributed by atoms with Crippen molar-refractivity contribution in [1.29, 1.82) is 0 Å². The maximum absolute atomic E-state index is 7.50. The second-order valence-corrected chi connectivity index (χ2v) is 1.61. The zero-order valence-electron chi connectivity index (χ0n) is 7.98. The van der Waals surface area contributed by atoms with Crippen molar-refractivity contribution in [1.82, 2.24) is 0 Å². The first-order valence-electron chi connectivity index (χ1n) is 3.22. The van der Waals surface area contributed by atoms with E-state index in [-0.39, 0.29) is 17.1 Å². The van der Waals surface area contributed by atoms with Gasteiger partial charge in [-0.1, -0.05) is 38.2 Å². The second kappa shape index (κ2) is 56.5. The van der Waals surface area contributed by atoms with Crippen molar-refractivity contribution in [3.05, 3.63) is 44.8 Å². The molecule has 0 heterocycles. The Morgan fingerprint density at radius 3 is 1.50 bits per heavy atom. The maximum atomic E-state index is 7.50. The molecule has 0 rings (SSSR count). The van der Waals surface area contributed by atoms with Crippen LogP contribution in [0.4, 0.5) is 0 Å². The molecule has 0 bridgehead atoms. The van der Waals surface area contributed by atoms with Crippen LogP contribution < -0.4 is 0 Å². The smallest absolute Gasteiger partial charge is 0 e. The van der Waals surface area contributed by atoms with Crippen molar-refractivity contribution >= 4 is 0 Å². The minimum Gasteiger partial charge on any atom is 0 e. The van der Waals surface area contributed by atoms with Crippen LogP contribution in [-0.2, 0) is 31.0 Å². The second-order valence-electron chi connectivity index (χ2n) is 1.61. The summed E-state index contributed by atoms with van der Waals surface area (Å²) < 4.78 is 22.5. The first kappa shape index (κ1) is 29.2. The SMILES string of the molecule is C=CC(=C)CCC.[C-]#[O+].[C-]#[O+].[C-]#[O+].[Fe]. The van der Waals surface area contributed by atoms with E-state index in [0.717, 1.165) is 12.0 Å². The summed E-state index contributed by atoms with van der Waals surface area (Å²) in [6.07, 6.45) is 4.07. The Morgan fingerprint density at radius 2 is 1.43 bits per heavy atom. The molecule has 14 heavy (non-hydrogen) atoms. The molecule has 0 saturated heterocycles. The van der Waals surface area contributed by atoms with Gasteiger partial charge >= 0.3 is 33.9 Å². The predicted molar refractivity (Wildman–Crippen MR) is 46.0 cm³/mol. The van der Waals surface area contributed by atoms with E-state index in [1.54, 1.807) is 0 Å². The molecule has 0 aromatic carbocycles. The predicted octanol–water partition coefficient (Wildman–Crippen LogP) is 2.41. The standard InChI is InChI=1S/C7H12.3CO.Fe/c1-4-6-7(3)5-2;3*1-2;/h5H,2-4,6H2,1H3;;;;. The van der Waals surface area contributed by atoms with Crippen LogP contribution in [0.15, 0.2) is 24.8 Å². The number of hydrogen-bond acceptors (Lipinski definition) is 0. The van der Waals surface area contributed by atoms with E-state index in [4.69, 9.17) is 14.0 Å². The minimum absolute atomic E-state index is 0. The molecule has 0 aromatic rings. The van der Waals surface area contributed by atoms with Crippen LogP contribution in [0.3, 0.4) is 0 Å². The van der Waals surface area contributed by atoms with Gasteiger partial charge in [-0.15, -0.1) is 0 Å². The minimum atomic E-state index is 0. The van der Waals surface area contributed by atoms with Gasteiger partial charge in [-0.2, -0.15) is 0 Å². The van der Waals surface area contributed by atoms with E-state index in [2.05, 4.69) is 40.0 Å². The van der Waals surface area contributed by atoms with Gasteiger partial charge in [0.1, 0.15) is 0 Å². The van der Waals surface area contributed by atoms with E-state index in [1.807, 2.05) is 6.08 Å². The summed E-state index contributed by atoms with van der Waals surface area (Å²) in [7, 11) is 0. The van der Waals surface area contributed by atoms with Crippen LogP contribution in [-0.4, -0.2) is 0 Å². The molecule has 4 heteroatoms. The molecule has 0 saturated carbocycles. The summed E-state index contributed by atoms with van der Waals surface area (Å²) in [6, 6.07) is 0. The molecule has 0 aliphatic carbocycles. The van der Waals surface area contributed by atoms with Crippen molar-refractivity contribution < 1.29 is 31.0 Å². The molecule has 0 fully saturated rings. The van der Waals surface area contributed by atoms with Crippen LogP contribution in [0, 0.1) is 20.0 Å². The van der Waals surface area contributed by atoms with Gasteiger partial charge in [0.05, 0.1) is 0 Å². The van der Waals surface area contributed by atoms with Gasteiger partial charge in [0.25, 0.3) is 0 Å². The first-order valence-corrected chi connectivity index (χ1v) is 3.22. The molecule has 3 nitrogen and oxygen atoms in total. The Morgan fingerprint density at radius 1 is 1.14 bits per heavy atom. The fourth-order valence-corrected chi connectivity index (χ4v) is 0.423. The van der Waals surface area contributed by atoms with Crippen LogP contribution in [0.1, 0.15) is 19.8 Å². The zero-order valence-corrected chi connectivity index (χ0v) is 9.09. The Hall–Kier alpha value is -0.781. The summed E-state index contributed by atoms with van der Waals surface area (Å²) in [5, 5.41) is 0. The number of rotatable bonds is 3. The summed E-state index contributed by atoms with van der Waals surface area (Å²) in [6.45, 7) is 23.0. The van der Waals surface area contributed by atoms with E-state index < -0.39 is 0 Å². The van der Waals surface area contributed by atoms with Gasteiger partial charge in [0.15, 0.2) is 0 Å². The molecule has 0 radical (unpaired) electrons. The molecular formula is C10H12FeO3. The van der Waals surface area contributed by atoms with Gasteiger partial charge in [0, 0.05) is 17.1 Å². The van der Waals surface area contributed by atoms with Gasteiger partial charge in [-0.05, 0) is 6.42 Å².